The number of hydrogen-bond donors (Lipinski definition) is 1. The number of tetrazole rings is 1. The predicted molar refractivity (Wildman–Crippen MR) is 79.4 cm³/mol. The van der Waals surface area contributed by atoms with E-state index in [1.807, 2.05) is 13.8 Å². The normalized spacial score (nSPS) is 13.9. The Hall–Kier alpha value is -1.66. The maximum absolute atomic E-state index is 11.5. The van der Waals surface area contributed by atoms with E-state index in [0.717, 1.165) is 0 Å². The summed E-state index contributed by atoms with van der Waals surface area (Å²) in [7, 11) is 0. The van der Waals surface area contributed by atoms with Crippen molar-refractivity contribution in [2.75, 3.05) is 0 Å². The number of carbonyl (C=O) groups is 1. The fourth-order valence-electron chi connectivity index (χ4n) is 2.02. The maximum Gasteiger partial charge on any atom is 0.328 e. The molecule has 0 saturated carbocycles. The molecule has 0 aliphatic heterocycles. The summed E-state index contributed by atoms with van der Waals surface area (Å²) in [5, 5.41) is 21.6. The summed E-state index contributed by atoms with van der Waals surface area (Å²) in [6.07, 6.45) is 0.692. The van der Waals surface area contributed by atoms with Gasteiger partial charge in [0.2, 0.25) is 0 Å². The Morgan fingerprint density at radius 3 is 2.67 bits per heavy atom. The van der Waals surface area contributed by atoms with Crippen molar-refractivity contribution in [3.05, 3.63) is 28.2 Å². The second-order valence-corrected chi connectivity index (χ2v) is 5.56. The Balaban J connectivity index is 2.50. The van der Waals surface area contributed by atoms with Crippen LogP contribution in [-0.2, 0) is 4.79 Å². The average Bonchev–Trinajstić information content (AvgIpc) is 2.90. The summed E-state index contributed by atoms with van der Waals surface area (Å²) in [6.45, 7) is 3.77. The zero-order valence-electron chi connectivity index (χ0n) is 11.5. The van der Waals surface area contributed by atoms with E-state index in [0.29, 0.717) is 27.9 Å². The first-order valence-corrected chi connectivity index (χ1v) is 7.17. The highest BCUT2D eigenvalue weighted by molar-refractivity contribution is 6.42. The quantitative estimate of drug-likeness (QED) is 0.910. The van der Waals surface area contributed by atoms with Gasteiger partial charge in [-0.1, -0.05) is 43.5 Å². The number of benzene rings is 1. The summed E-state index contributed by atoms with van der Waals surface area (Å²) in [4.78, 5) is 11.5. The van der Waals surface area contributed by atoms with E-state index in [1.54, 1.807) is 18.2 Å². The van der Waals surface area contributed by atoms with Crippen LogP contribution in [0.15, 0.2) is 18.2 Å². The van der Waals surface area contributed by atoms with Crippen LogP contribution in [-0.4, -0.2) is 31.3 Å². The smallest absolute Gasteiger partial charge is 0.328 e. The molecule has 0 amide bonds. The number of hydrogen-bond acceptors (Lipinski definition) is 4. The van der Waals surface area contributed by atoms with Crippen LogP contribution in [0.2, 0.25) is 10.0 Å². The van der Waals surface area contributed by atoms with Crippen molar-refractivity contribution >= 4 is 29.2 Å². The van der Waals surface area contributed by atoms with Crippen LogP contribution in [0.1, 0.15) is 26.3 Å². The number of carboxylic acids is 1. The topological polar surface area (TPSA) is 80.9 Å². The number of nitrogens with zero attached hydrogens (tertiary/aromatic N) is 4. The van der Waals surface area contributed by atoms with E-state index in [9.17, 15) is 9.90 Å². The van der Waals surface area contributed by atoms with Gasteiger partial charge in [0.15, 0.2) is 11.9 Å². The van der Waals surface area contributed by atoms with E-state index in [4.69, 9.17) is 23.2 Å². The second kappa shape index (κ2) is 6.41. The summed E-state index contributed by atoms with van der Waals surface area (Å²) in [5.74, 6) is -0.744. The minimum absolute atomic E-state index is 0.118. The van der Waals surface area contributed by atoms with E-state index >= 15 is 0 Å². The van der Waals surface area contributed by atoms with Crippen LogP contribution < -0.4 is 0 Å². The summed E-state index contributed by atoms with van der Waals surface area (Å²) < 4.78 is 1.32. The molecule has 2 rings (SSSR count). The standard InChI is InChI=1S/C13H14Cl2N4O2/c1-3-7(2)11(13(20)21)19-12(16-17-18-19)8-4-5-9(14)10(15)6-8/h4-7,11H,3H2,1-2H3,(H,20,21). The van der Waals surface area contributed by atoms with E-state index in [-0.39, 0.29) is 5.92 Å². The molecule has 0 saturated heterocycles. The third-order valence-electron chi connectivity index (χ3n) is 3.37. The highest BCUT2D eigenvalue weighted by atomic mass is 35.5. The van der Waals surface area contributed by atoms with Crippen molar-refractivity contribution in [2.24, 2.45) is 5.92 Å². The van der Waals surface area contributed by atoms with Gasteiger partial charge in [-0.15, -0.1) is 5.10 Å². The molecule has 2 aromatic rings. The third kappa shape index (κ3) is 3.16. The van der Waals surface area contributed by atoms with Gasteiger partial charge in [0, 0.05) is 5.56 Å². The molecule has 112 valence electrons. The van der Waals surface area contributed by atoms with Gasteiger partial charge >= 0.3 is 5.97 Å². The van der Waals surface area contributed by atoms with Crippen LogP contribution in [0.25, 0.3) is 11.4 Å². The van der Waals surface area contributed by atoms with Gasteiger partial charge in [0.25, 0.3) is 0 Å². The van der Waals surface area contributed by atoms with Gasteiger partial charge in [0.05, 0.1) is 10.0 Å². The van der Waals surface area contributed by atoms with Crippen LogP contribution in [0.4, 0.5) is 0 Å². The summed E-state index contributed by atoms with van der Waals surface area (Å²) in [5.41, 5.74) is 0.615. The Bertz CT molecular complexity index is 659. The minimum atomic E-state index is -0.974. The Morgan fingerprint density at radius 2 is 2.10 bits per heavy atom. The maximum atomic E-state index is 11.5. The Labute approximate surface area is 131 Å². The molecule has 0 bridgehead atoms. The van der Waals surface area contributed by atoms with Crippen molar-refractivity contribution in [3.8, 4) is 11.4 Å². The van der Waals surface area contributed by atoms with E-state index < -0.39 is 12.0 Å². The van der Waals surface area contributed by atoms with Gasteiger partial charge < -0.3 is 5.11 Å². The van der Waals surface area contributed by atoms with Gasteiger partial charge in [0.1, 0.15) is 0 Å². The zero-order valence-corrected chi connectivity index (χ0v) is 13.0. The van der Waals surface area contributed by atoms with Crippen LogP contribution in [0.5, 0.6) is 0 Å². The van der Waals surface area contributed by atoms with Crippen molar-refractivity contribution in [1.82, 2.24) is 20.2 Å². The predicted octanol–water partition coefficient (Wildman–Crippen LogP) is 3.32. The first-order valence-electron chi connectivity index (χ1n) is 6.41. The van der Waals surface area contributed by atoms with Crippen molar-refractivity contribution < 1.29 is 9.90 Å². The Morgan fingerprint density at radius 1 is 1.38 bits per heavy atom. The Kier molecular flexibility index (Phi) is 4.80. The highest BCUT2D eigenvalue weighted by Crippen LogP contribution is 2.30. The third-order valence-corrected chi connectivity index (χ3v) is 4.11. The summed E-state index contributed by atoms with van der Waals surface area (Å²) in [6, 6.07) is 4.10. The number of carboxylic acid groups (broad SMARTS) is 1. The van der Waals surface area contributed by atoms with Gasteiger partial charge in [-0.25, -0.2) is 9.48 Å². The zero-order chi connectivity index (χ0) is 15.6. The molecule has 0 fully saturated rings. The minimum Gasteiger partial charge on any atom is -0.480 e. The van der Waals surface area contributed by atoms with Crippen LogP contribution in [0.3, 0.4) is 0 Å². The van der Waals surface area contributed by atoms with E-state index in [2.05, 4.69) is 15.5 Å². The monoisotopic (exact) mass is 328 g/mol. The van der Waals surface area contributed by atoms with Gasteiger partial charge in [-0.2, -0.15) is 0 Å². The van der Waals surface area contributed by atoms with Crippen LogP contribution >= 0.6 is 23.2 Å². The largest absolute Gasteiger partial charge is 0.480 e. The molecule has 0 radical (unpaired) electrons. The molecule has 1 aromatic carbocycles. The number of rotatable bonds is 5. The first kappa shape index (κ1) is 15.7. The molecule has 2 atom stereocenters. The molecule has 2 unspecified atom stereocenters. The molecule has 6 nitrogen and oxygen atoms in total. The number of aromatic nitrogens is 4. The van der Waals surface area contributed by atoms with Gasteiger partial charge in [-0.3, -0.25) is 0 Å². The van der Waals surface area contributed by atoms with Crippen molar-refractivity contribution in [2.45, 2.75) is 26.3 Å². The molecule has 0 aliphatic rings. The first-order chi connectivity index (χ1) is 9.95. The lowest BCUT2D eigenvalue weighted by atomic mass is 9.99. The highest BCUT2D eigenvalue weighted by Gasteiger charge is 2.29. The fraction of sp³-hybridized carbons (Fsp3) is 0.385. The SMILES string of the molecule is CCC(C)C(C(=O)O)n1nnnc1-c1ccc(Cl)c(Cl)c1. The molecular formula is C13H14Cl2N4O2. The lowest BCUT2D eigenvalue weighted by Crippen LogP contribution is -2.27. The molecule has 1 heterocycles. The fourth-order valence-corrected chi connectivity index (χ4v) is 2.32. The van der Waals surface area contributed by atoms with E-state index in [1.165, 1.54) is 4.68 Å². The molecule has 0 spiro atoms. The van der Waals surface area contributed by atoms with Crippen LogP contribution in [0, 0.1) is 5.92 Å². The molecule has 0 aliphatic carbocycles. The molecule has 21 heavy (non-hydrogen) atoms. The second-order valence-electron chi connectivity index (χ2n) is 4.74. The molecular weight excluding hydrogens is 315 g/mol. The molecule has 8 heteroatoms. The molecule has 1 N–H and O–H groups in total. The lowest BCUT2D eigenvalue weighted by Gasteiger charge is -2.19. The van der Waals surface area contributed by atoms with Gasteiger partial charge in [-0.05, 0) is 34.5 Å². The number of aliphatic carboxylic acids is 1. The number of halogens is 2. The van der Waals surface area contributed by atoms with Crippen molar-refractivity contribution in [3.63, 3.8) is 0 Å². The van der Waals surface area contributed by atoms with Crippen molar-refractivity contribution in [1.29, 1.82) is 0 Å². The average molecular weight is 329 g/mol. The summed E-state index contributed by atoms with van der Waals surface area (Å²) >= 11 is 11.9. The lowest BCUT2D eigenvalue weighted by molar-refractivity contribution is -0.142. The molecule has 1 aromatic heterocycles.